The molecule has 2 nitrogen and oxygen atoms in total. The predicted octanol–water partition coefficient (Wildman–Crippen LogP) is 2.77. The van der Waals surface area contributed by atoms with Gasteiger partial charge in [0.1, 0.15) is 0 Å². The Balaban J connectivity index is 2.15. The third-order valence-electron chi connectivity index (χ3n) is 2.07. The fraction of sp³-hybridized carbons (Fsp3) is 0.182. The van der Waals surface area contributed by atoms with Gasteiger partial charge in [-0.2, -0.15) is 5.10 Å². The molecule has 2 rings (SSSR count). The highest BCUT2D eigenvalue weighted by atomic mass is 79.9. The van der Waals surface area contributed by atoms with Crippen molar-refractivity contribution in [3.63, 3.8) is 0 Å². The Morgan fingerprint density at radius 3 is 2.50 bits per heavy atom. The van der Waals surface area contributed by atoms with Crippen LogP contribution in [0.3, 0.4) is 0 Å². The van der Waals surface area contributed by atoms with Crippen LogP contribution in [-0.2, 0) is 13.5 Å². The molecule has 0 atom stereocenters. The van der Waals surface area contributed by atoms with Crippen LogP contribution in [0, 0.1) is 0 Å². The average Bonchev–Trinajstić information content (AvgIpc) is 2.56. The van der Waals surface area contributed by atoms with Crippen LogP contribution < -0.4 is 0 Å². The number of aromatic nitrogens is 2. The first-order valence-electron chi connectivity index (χ1n) is 4.47. The van der Waals surface area contributed by atoms with Crippen molar-refractivity contribution in [2.24, 2.45) is 7.05 Å². The Hall–Kier alpha value is -1.09. The van der Waals surface area contributed by atoms with Crippen LogP contribution >= 0.6 is 15.9 Å². The number of aryl methyl sites for hydroxylation is 1. The molecule has 0 aliphatic heterocycles. The molecule has 1 aromatic carbocycles. The maximum atomic E-state index is 4.33. The lowest BCUT2D eigenvalue weighted by atomic mass is 10.1. The van der Waals surface area contributed by atoms with Gasteiger partial charge in [-0.3, -0.25) is 4.68 Å². The average molecular weight is 251 g/mol. The zero-order chi connectivity index (χ0) is 9.97. The van der Waals surface area contributed by atoms with Gasteiger partial charge in [0.15, 0.2) is 0 Å². The summed E-state index contributed by atoms with van der Waals surface area (Å²) in [5.74, 6) is 0. The fourth-order valence-electron chi connectivity index (χ4n) is 1.37. The van der Waals surface area contributed by atoms with Crippen molar-refractivity contribution >= 4 is 15.9 Å². The molecule has 0 spiro atoms. The van der Waals surface area contributed by atoms with Gasteiger partial charge in [0, 0.05) is 24.1 Å². The molecule has 0 saturated heterocycles. The topological polar surface area (TPSA) is 17.8 Å². The highest BCUT2D eigenvalue weighted by molar-refractivity contribution is 9.10. The van der Waals surface area contributed by atoms with E-state index in [4.69, 9.17) is 0 Å². The SMILES string of the molecule is Cn1ccc(Cc2ccc(Br)cc2)n1. The molecule has 0 radical (unpaired) electrons. The Morgan fingerprint density at radius 1 is 1.21 bits per heavy atom. The Labute approximate surface area is 91.7 Å². The number of nitrogens with zero attached hydrogens (tertiary/aromatic N) is 2. The minimum Gasteiger partial charge on any atom is -0.276 e. The molecule has 0 N–H and O–H groups in total. The second-order valence-corrected chi connectivity index (χ2v) is 4.20. The normalized spacial score (nSPS) is 10.4. The molecular formula is C11H11BrN2. The predicted molar refractivity (Wildman–Crippen MR) is 60.2 cm³/mol. The van der Waals surface area contributed by atoms with Gasteiger partial charge in [0.2, 0.25) is 0 Å². The van der Waals surface area contributed by atoms with E-state index in [1.807, 2.05) is 24.0 Å². The van der Waals surface area contributed by atoms with E-state index in [1.165, 1.54) is 5.56 Å². The molecule has 72 valence electrons. The van der Waals surface area contributed by atoms with Crippen LogP contribution in [0.5, 0.6) is 0 Å². The minimum absolute atomic E-state index is 0.897. The molecule has 0 aliphatic rings. The van der Waals surface area contributed by atoms with Crippen molar-refractivity contribution in [2.75, 3.05) is 0 Å². The summed E-state index contributed by atoms with van der Waals surface area (Å²) in [7, 11) is 1.94. The summed E-state index contributed by atoms with van der Waals surface area (Å²) in [4.78, 5) is 0. The monoisotopic (exact) mass is 250 g/mol. The van der Waals surface area contributed by atoms with Crippen molar-refractivity contribution in [2.45, 2.75) is 6.42 Å². The molecule has 1 aromatic heterocycles. The molecule has 0 aliphatic carbocycles. The first-order chi connectivity index (χ1) is 6.74. The second kappa shape index (κ2) is 3.96. The molecule has 0 saturated carbocycles. The van der Waals surface area contributed by atoms with Crippen molar-refractivity contribution in [3.05, 3.63) is 52.3 Å². The molecule has 0 unspecified atom stereocenters. The van der Waals surface area contributed by atoms with Gasteiger partial charge in [-0.25, -0.2) is 0 Å². The highest BCUT2D eigenvalue weighted by Gasteiger charge is 1.98. The first kappa shape index (κ1) is 9.46. The maximum Gasteiger partial charge on any atom is 0.0668 e. The van der Waals surface area contributed by atoms with E-state index < -0.39 is 0 Å². The van der Waals surface area contributed by atoms with Gasteiger partial charge in [0.25, 0.3) is 0 Å². The van der Waals surface area contributed by atoms with E-state index in [-0.39, 0.29) is 0 Å². The van der Waals surface area contributed by atoms with E-state index in [9.17, 15) is 0 Å². The number of hydrogen-bond acceptors (Lipinski definition) is 1. The third-order valence-corrected chi connectivity index (χ3v) is 2.60. The molecule has 14 heavy (non-hydrogen) atoms. The van der Waals surface area contributed by atoms with Crippen LogP contribution in [0.1, 0.15) is 11.3 Å². The Bertz CT molecular complexity index is 417. The Morgan fingerprint density at radius 2 is 1.93 bits per heavy atom. The fourth-order valence-corrected chi connectivity index (χ4v) is 1.63. The summed E-state index contributed by atoms with van der Waals surface area (Å²) in [6.07, 6.45) is 2.86. The second-order valence-electron chi connectivity index (χ2n) is 3.28. The highest BCUT2D eigenvalue weighted by Crippen LogP contribution is 2.12. The van der Waals surface area contributed by atoms with Gasteiger partial charge < -0.3 is 0 Å². The summed E-state index contributed by atoms with van der Waals surface area (Å²) in [6, 6.07) is 10.4. The van der Waals surface area contributed by atoms with Crippen molar-refractivity contribution in [1.29, 1.82) is 0 Å². The largest absolute Gasteiger partial charge is 0.276 e. The van der Waals surface area contributed by atoms with E-state index >= 15 is 0 Å². The quantitative estimate of drug-likeness (QED) is 0.802. The van der Waals surface area contributed by atoms with E-state index in [1.54, 1.807) is 0 Å². The minimum atomic E-state index is 0.897. The van der Waals surface area contributed by atoms with Gasteiger partial charge in [0.05, 0.1) is 5.69 Å². The summed E-state index contributed by atoms with van der Waals surface area (Å²) in [6.45, 7) is 0. The van der Waals surface area contributed by atoms with Crippen LogP contribution in [0.4, 0.5) is 0 Å². The molecular weight excluding hydrogens is 240 g/mol. The number of rotatable bonds is 2. The maximum absolute atomic E-state index is 4.33. The van der Waals surface area contributed by atoms with Gasteiger partial charge in [-0.05, 0) is 23.8 Å². The first-order valence-corrected chi connectivity index (χ1v) is 5.26. The zero-order valence-electron chi connectivity index (χ0n) is 7.94. The van der Waals surface area contributed by atoms with Crippen LogP contribution in [0.15, 0.2) is 41.0 Å². The lowest BCUT2D eigenvalue weighted by Gasteiger charge is -1.97. The molecule has 3 heteroatoms. The van der Waals surface area contributed by atoms with E-state index in [0.29, 0.717) is 0 Å². The number of hydrogen-bond donors (Lipinski definition) is 0. The molecule has 1 heterocycles. The Kier molecular flexibility index (Phi) is 2.68. The lowest BCUT2D eigenvalue weighted by Crippen LogP contribution is -1.92. The van der Waals surface area contributed by atoms with Gasteiger partial charge >= 0.3 is 0 Å². The summed E-state index contributed by atoms with van der Waals surface area (Å²) in [5, 5.41) is 4.33. The van der Waals surface area contributed by atoms with Crippen LogP contribution in [0.2, 0.25) is 0 Å². The summed E-state index contributed by atoms with van der Waals surface area (Å²) in [5.41, 5.74) is 2.39. The van der Waals surface area contributed by atoms with E-state index in [0.717, 1.165) is 16.6 Å². The van der Waals surface area contributed by atoms with Gasteiger partial charge in [-0.1, -0.05) is 28.1 Å². The van der Waals surface area contributed by atoms with Crippen LogP contribution in [-0.4, -0.2) is 9.78 Å². The molecule has 0 fully saturated rings. The zero-order valence-corrected chi connectivity index (χ0v) is 9.53. The van der Waals surface area contributed by atoms with E-state index in [2.05, 4.69) is 45.3 Å². The summed E-state index contributed by atoms with van der Waals surface area (Å²) < 4.78 is 2.94. The van der Waals surface area contributed by atoms with Gasteiger partial charge in [-0.15, -0.1) is 0 Å². The van der Waals surface area contributed by atoms with Crippen molar-refractivity contribution < 1.29 is 0 Å². The van der Waals surface area contributed by atoms with Crippen molar-refractivity contribution in [1.82, 2.24) is 9.78 Å². The molecule has 0 bridgehead atoms. The molecule has 0 amide bonds. The van der Waals surface area contributed by atoms with Crippen molar-refractivity contribution in [3.8, 4) is 0 Å². The standard InChI is InChI=1S/C11H11BrN2/c1-14-7-6-11(13-14)8-9-2-4-10(12)5-3-9/h2-7H,8H2,1H3. The molecule has 2 aromatic rings. The number of halogens is 1. The lowest BCUT2D eigenvalue weighted by molar-refractivity contribution is 0.749. The number of benzene rings is 1. The van der Waals surface area contributed by atoms with Crippen LogP contribution in [0.25, 0.3) is 0 Å². The third kappa shape index (κ3) is 2.23. The smallest absolute Gasteiger partial charge is 0.0668 e. The summed E-state index contributed by atoms with van der Waals surface area (Å²) >= 11 is 3.42.